The van der Waals surface area contributed by atoms with Crippen LogP contribution in [0.25, 0.3) is 0 Å². The molecule has 2 saturated carbocycles. The van der Waals surface area contributed by atoms with E-state index >= 15 is 0 Å². The predicted octanol–water partition coefficient (Wildman–Crippen LogP) is 4.61. The molecule has 0 aliphatic heterocycles. The quantitative estimate of drug-likeness (QED) is 0.740. The highest BCUT2D eigenvalue weighted by Gasteiger charge is 2.57. The van der Waals surface area contributed by atoms with E-state index in [0.29, 0.717) is 0 Å². The van der Waals surface area contributed by atoms with Gasteiger partial charge in [-0.2, -0.15) is 0 Å². The van der Waals surface area contributed by atoms with Gasteiger partial charge in [0.15, 0.2) is 0 Å². The zero-order valence-electron chi connectivity index (χ0n) is 11.1. The average Bonchev–Trinajstić information content (AvgIpc) is 3.39. The number of hydrogen-bond acceptors (Lipinski definition) is 0. The molecule has 2 aromatic carbocycles. The monoisotopic (exact) mass is 247 g/mol. The maximum Gasteiger partial charge on any atom is 0.0237 e. The summed E-state index contributed by atoms with van der Waals surface area (Å²) in [5.41, 5.74) is 3.25. The molecule has 0 nitrogen and oxygen atoms in total. The fourth-order valence-electron chi connectivity index (χ4n) is 3.44. The van der Waals surface area contributed by atoms with Crippen molar-refractivity contribution in [3.8, 4) is 0 Å². The van der Waals surface area contributed by atoms with Crippen LogP contribution in [0, 0.1) is 18.3 Å². The molecule has 0 heterocycles. The summed E-state index contributed by atoms with van der Waals surface area (Å²) in [5, 5.41) is 0. The van der Waals surface area contributed by atoms with Gasteiger partial charge in [0.05, 0.1) is 0 Å². The van der Waals surface area contributed by atoms with Crippen LogP contribution in [0.3, 0.4) is 0 Å². The Morgan fingerprint density at radius 3 is 1.79 bits per heavy atom. The topological polar surface area (TPSA) is 0 Å². The molecule has 0 saturated heterocycles. The fraction of sp³-hybridized carbons (Fsp3) is 0.316. The summed E-state index contributed by atoms with van der Waals surface area (Å²) in [4.78, 5) is 0. The van der Waals surface area contributed by atoms with Gasteiger partial charge in [0.25, 0.3) is 0 Å². The molecule has 1 atom stereocenters. The SMILES string of the molecule is [CH](C1CC1)C1CC1(c1ccccc1)c1ccccc1. The fourth-order valence-corrected chi connectivity index (χ4v) is 3.44. The minimum absolute atomic E-state index is 0.269. The smallest absolute Gasteiger partial charge is 0.0237 e. The number of benzene rings is 2. The van der Waals surface area contributed by atoms with Gasteiger partial charge in [0.1, 0.15) is 0 Å². The van der Waals surface area contributed by atoms with E-state index in [2.05, 4.69) is 67.1 Å². The first-order chi connectivity index (χ1) is 9.39. The Hall–Kier alpha value is -1.56. The highest BCUT2D eigenvalue weighted by atomic mass is 14.6. The summed E-state index contributed by atoms with van der Waals surface area (Å²) in [7, 11) is 0. The lowest BCUT2D eigenvalue weighted by Gasteiger charge is -2.19. The molecule has 2 fully saturated rings. The van der Waals surface area contributed by atoms with Gasteiger partial charge < -0.3 is 0 Å². The van der Waals surface area contributed by atoms with Gasteiger partial charge in [-0.15, -0.1) is 0 Å². The Morgan fingerprint density at radius 2 is 1.32 bits per heavy atom. The molecule has 0 aromatic heterocycles. The summed E-state index contributed by atoms with van der Waals surface area (Å²) in [6.45, 7) is 0. The highest BCUT2D eigenvalue weighted by molar-refractivity contribution is 5.48. The predicted molar refractivity (Wildman–Crippen MR) is 78.8 cm³/mol. The van der Waals surface area contributed by atoms with Crippen molar-refractivity contribution < 1.29 is 0 Å². The van der Waals surface area contributed by atoms with E-state index in [0.717, 1.165) is 11.8 Å². The minimum Gasteiger partial charge on any atom is -0.0622 e. The third kappa shape index (κ3) is 1.90. The van der Waals surface area contributed by atoms with Crippen molar-refractivity contribution in [2.45, 2.75) is 24.7 Å². The van der Waals surface area contributed by atoms with Gasteiger partial charge in [0, 0.05) is 5.41 Å². The molecular weight excluding hydrogens is 228 g/mol. The molecular formula is C19H19. The number of hydrogen-bond donors (Lipinski definition) is 0. The van der Waals surface area contributed by atoms with E-state index < -0.39 is 0 Å². The van der Waals surface area contributed by atoms with Crippen molar-refractivity contribution in [2.24, 2.45) is 11.8 Å². The Kier molecular flexibility index (Phi) is 2.51. The summed E-state index contributed by atoms with van der Waals surface area (Å²) < 4.78 is 0. The molecule has 19 heavy (non-hydrogen) atoms. The van der Waals surface area contributed by atoms with Gasteiger partial charge in [-0.05, 0) is 48.6 Å². The molecule has 1 unspecified atom stereocenters. The molecule has 4 rings (SSSR count). The molecule has 0 spiro atoms. The van der Waals surface area contributed by atoms with Gasteiger partial charge in [-0.25, -0.2) is 0 Å². The molecule has 0 amide bonds. The molecule has 0 bridgehead atoms. The van der Waals surface area contributed by atoms with E-state index in [4.69, 9.17) is 0 Å². The van der Waals surface area contributed by atoms with Crippen molar-refractivity contribution in [3.63, 3.8) is 0 Å². The van der Waals surface area contributed by atoms with Crippen LogP contribution in [-0.4, -0.2) is 0 Å². The lowest BCUT2D eigenvalue weighted by molar-refractivity contribution is 0.721. The van der Waals surface area contributed by atoms with E-state index in [9.17, 15) is 0 Å². The van der Waals surface area contributed by atoms with Crippen LogP contribution < -0.4 is 0 Å². The molecule has 2 aliphatic rings. The Bertz CT molecular complexity index is 512. The van der Waals surface area contributed by atoms with Gasteiger partial charge in [0.2, 0.25) is 0 Å². The second kappa shape index (κ2) is 4.23. The van der Waals surface area contributed by atoms with Gasteiger partial charge in [-0.1, -0.05) is 60.7 Å². The average molecular weight is 247 g/mol. The standard InChI is InChI=1S/C19H19/c1-3-7-16(8-4-1)19(17-9-5-2-6-10-17)14-18(19)13-15-11-12-15/h1-10,13,15,18H,11-12,14H2. The molecule has 2 aliphatic carbocycles. The second-order valence-electron chi connectivity index (χ2n) is 6.04. The second-order valence-corrected chi connectivity index (χ2v) is 6.04. The summed E-state index contributed by atoms with van der Waals surface area (Å²) in [6, 6.07) is 22.1. The van der Waals surface area contributed by atoms with Crippen molar-refractivity contribution in [1.29, 1.82) is 0 Å². The summed E-state index contributed by atoms with van der Waals surface area (Å²) in [6.07, 6.45) is 6.74. The van der Waals surface area contributed by atoms with Gasteiger partial charge >= 0.3 is 0 Å². The first-order valence-electron chi connectivity index (χ1n) is 7.36. The van der Waals surface area contributed by atoms with Crippen molar-refractivity contribution in [3.05, 3.63) is 78.2 Å². The zero-order valence-corrected chi connectivity index (χ0v) is 11.1. The molecule has 0 N–H and O–H groups in total. The molecule has 95 valence electrons. The summed E-state index contributed by atoms with van der Waals surface area (Å²) in [5.74, 6) is 1.64. The first-order valence-corrected chi connectivity index (χ1v) is 7.36. The lowest BCUT2D eigenvalue weighted by atomic mass is 9.85. The maximum atomic E-state index is 2.62. The van der Waals surface area contributed by atoms with Crippen molar-refractivity contribution in [2.75, 3.05) is 0 Å². The van der Waals surface area contributed by atoms with Crippen molar-refractivity contribution >= 4 is 0 Å². The van der Waals surface area contributed by atoms with Crippen molar-refractivity contribution in [1.82, 2.24) is 0 Å². The van der Waals surface area contributed by atoms with Crippen LogP contribution in [0.2, 0.25) is 0 Å². The Labute approximate surface area is 115 Å². The van der Waals surface area contributed by atoms with Crippen LogP contribution in [0.4, 0.5) is 0 Å². The van der Waals surface area contributed by atoms with Crippen LogP contribution in [0.15, 0.2) is 60.7 Å². The Morgan fingerprint density at radius 1 is 0.789 bits per heavy atom. The van der Waals surface area contributed by atoms with E-state index in [1.54, 1.807) is 0 Å². The van der Waals surface area contributed by atoms with E-state index in [1.165, 1.54) is 30.4 Å². The molecule has 1 radical (unpaired) electrons. The largest absolute Gasteiger partial charge is 0.0622 e. The minimum atomic E-state index is 0.269. The van der Waals surface area contributed by atoms with Crippen LogP contribution in [-0.2, 0) is 5.41 Å². The van der Waals surface area contributed by atoms with E-state index in [1.807, 2.05) is 0 Å². The molecule has 2 aromatic rings. The third-order valence-electron chi connectivity index (χ3n) is 4.72. The summed E-state index contributed by atoms with van der Waals surface area (Å²) >= 11 is 0. The van der Waals surface area contributed by atoms with Crippen LogP contribution >= 0.6 is 0 Å². The van der Waals surface area contributed by atoms with Crippen LogP contribution in [0.5, 0.6) is 0 Å². The maximum absolute atomic E-state index is 2.62. The number of rotatable bonds is 4. The highest BCUT2D eigenvalue weighted by Crippen LogP contribution is 2.62. The first kappa shape index (κ1) is 11.3. The lowest BCUT2D eigenvalue weighted by Crippen LogP contribution is -2.12. The molecule has 0 heteroatoms. The Balaban J connectivity index is 1.73. The third-order valence-corrected chi connectivity index (χ3v) is 4.72. The zero-order chi connectivity index (χ0) is 12.7. The van der Waals surface area contributed by atoms with E-state index in [-0.39, 0.29) is 5.41 Å². The van der Waals surface area contributed by atoms with Gasteiger partial charge in [-0.3, -0.25) is 0 Å². The van der Waals surface area contributed by atoms with Crippen LogP contribution in [0.1, 0.15) is 30.4 Å². The normalized spacial score (nSPS) is 24.1.